The van der Waals surface area contributed by atoms with Crippen LogP contribution in [0, 0.1) is 17.5 Å². The van der Waals surface area contributed by atoms with E-state index in [1.165, 1.54) is 6.07 Å². The molecule has 1 atom stereocenters. The summed E-state index contributed by atoms with van der Waals surface area (Å²) < 4.78 is 43.1. The number of halogens is 3. The largest absolute Gasteiger partial charge is 0.387 e. The summed E-state index contributed by atoms with van der Waals surface area (Å²) >= 11 is 0. The maximum atomic E-state index is 14.3. The predicted octanol–water partition coefficient (Wildman–Crippen LogP) is 4.40. The summed E-state index contributed by atoms with van der Waals surface area (Å²) in [7, 11) is 0. The fourth-order valence-corrected chi connectivity index (χ4v) is 3.90. The monoisotopic (exact) mass is 508 g/mol. The Labute approximate surface area is 212 Å². The minimum absolute atomic E-state index is 0.0586. The predicted molar refractivity (Wildman–Crippen MR) is 134 cm³/mol. The van der Waals surface area contributed by atoms with Crippen molar-refractivity contribution in [2.75, 3.05) is 18.4 Å². The van der Waals surface area contributed by atoms with Crippen molar-refractivity contribution in [3.63, 3.8) is 0 Å². The second-order valence-electron chi connectivity index (χ2n) is 8.58. The molecule has 0 saturated carbocycles. The maximum Gasteiger partial charge on any atom is 0.231 e. The second-order valence-corrected chi connectivity index (χ2v) is 8.58. The second kappa shape index (κ2) is 12.3. The molecule has 0 aliphatic heterocycles. The highest BCUT2D eigenvalue weighted by atomic mass is 19.2. The lowest BCUT2D eigenvalue weighted by molar-refractivity contribution is -0.115. The Hall–Kier alpha value is -3.95. The maximum absolute atomic E-state index is 14.3. The molecular weight excluding hydrogens is 481 g/mol. The highest BCUT2D eigenvalue weighted by Gasteiger charge is 2.18. The van der Waals surface area contributed by atoms with Crippen LogP contribution in [-0.4, -0.2) is 33.7 Å². The van der Waals surface area contributed by atoms with Gasteiger partial charge in [0, 0.05) is 37.0 Å². The Balaban J connectivity index is 1.45. The minimum Gasteiger partial charge on any atom is -0.387 e. The van der Waals surface area contributed by atoms with E-state index in [-0.39, 0.29) is 24.4 Å². The minimum atomic E-state index is -1.54. The van der Waals surface area contributed by atoms with Crippen molar-refractivity contribution in [1.82, 2.24) is 14.9 Å². The molecule has 1 aromatic heterocycles. The molecule has 0 bridgehead atoms. The molecule has 4 rings (SSSR count). The molecule has 6 nitrogen and oxygen atoms in total. The van der Waals surface area contributed by atoms with Gasteiger partial charge in [-0.25, -0.2) is 18.2 Å². The van der Waals surface area contributed by atoms with Crippen LogP contribution in [0.1, 0.15) is 28.7 Å². The molecule has 0 radical (unpaired) electrons. The van der Waals surface area contributed by atoms with Gasteiger partial charge in [0.2, 0.25) is 5.91 Å². The van der Waals surface area contributed by atoms with Gasteiger partial charge >= 0.3 is 0 Å². The van der Waals surface area contributed by atoms with Crippen molar-refractivity contribution in [1.29, 1.82) is 0 Å². The van der Waals surface area contributed by atoms with Gasteiger partial charge in [0.1, 0.15) is 5.82 Å². The summed E-state index contributed by atoms with van der Waals surface area (Å²) in [4.78, 5) is 17.2. The molecule has 4 aromatic rings. The Morgan fingerprint density at radius 2 is 1.65 bits per heavy atom. The molecule has 0 aliphatic carbocycles. The molecule has 0 unspecified atom stereocenters. The molecule has 9 heteroatoms. The first-order valence-corrected chi connectivity index (χ1v) is 11.9. The molecule has 0 spiro atoms. The quantitative estimate of drug-likeness (QED) is 0.207. The number of anilines is 1. The van der Waals surface area contributed by atoms with Gasteiger partial charge in [-0.15, -0.1) is 0 Å². The number of amides is 1. The van der Waals surface area contributed by atoms with E-state index in [1.807, 2.05) is 36.4 Å². The van der Waals surface area contributed by atoms with Crippen LogP contribution in [0.5, 0.6) is 0 Å². The van der Waals surface area contributed by atoms with Crippen LogP contribution < -0.4 is 10.6 Å². The van der Waals surface area contributed by atoms with E-state index in [0.717, 1.165) is 11.6 Å². The third-order valence-corrected chi connectivity index (χ3v) is 5.82. The smallest absolute Gasteiger partial charge is 0.231 e. The van der Waals surface area contributed by atoms with Crippen molar-refractivity contribution in [3.8, 4) is 0 Å². The van der Waals surface area contributed by atoms with Gasteiger partial charge in [0.05, 0.1) is 24.8 Å². The molecular formula is C28H27F3N4O2. The third kappa shape index (κ3) is 7.05. The number of nitrogens with one attached hydrogen (secondary N) is 2. The summed E-state index contributed by atoms with van der Waals surface area (Å²) in [5, 5.41) is 16.3. The number of para-hydroxylation sites is 1. The Bertz CT molecular complexity index is 1330. The number of hydrogen-bond donors (Lipinski definition) is 3. The number of hydrogen-bond acceptors (Lipinski definition) is 4. The summed E-state index contributed by atoms with van der Waals surface area (Å²) in [6.07, 6.45) is 1.39. The first kappa shape index (κ1) is 26.1. The van der Waals surface area contributed by atoms with Crippen molar-refractivity contribution < 1.29 is 23.1 Å². The lowest BCUT2D eigenvalue weighted by Crippen LogP contribution is -2.23. The molecule has 3 aromatic carbocycles. The molecule has 0 fully saturated rings. The summed E-state index contributed by atoms with van der Waals surface area (Å²) in [6.45, 7) is 0.720. The Morgan fingerprint density at radius 3 is 2.38 bits per heavy atom. The molecule has 3 N–H and O–H groups in total. The van der Waals surface area contributed by atoms with Crippen molar-refractivity contribution in [3.05, 3.63) is 119 Å². The summed E-state index contributed by atoms with van der Waals surface area (Å²) in [5.41, 5.74) is 2.00. The van der Waals surface area contributed by atoms with E-state index in [0.29, 0.717) is 36.7 Å². The lowest BCUT2D eigenvalue weighted by atomic mass is 10.1. The topological polar surface area (TPSA) is 79.2 Å². The third-order valence-electron chi connectivity index (χ3n) is 5.82. The molecule has 0 aliphatic rings. The van der Waals surface area contributed by atoms with Gasteiger partial charge in [-0.3, -0.25) is 4.79 Å². The van der Waals surface area contributed by atoms with Gasteiger partial charge < -0.3 is 20.3 Å². The average molecular weight is 509 g/mol. The number of carbonyl (C=O) groups excluding carboxylic acids is 1. The van der Waals surface area contributed by atoms with E-state index in [4.69, 9.17) is 0 Å². The standard InChI is InChI=1S/C28H27F3N4O2/c29-23-12-11-20(27(30)28(23)31)17-35-18-22(13-14-32-16-24(36)19-7-3-1-4-8-19)33-25(35)15-26(37)34-21-9-5-2-6-10-21/h1-12,18,24,32,36H,13-17H2,(H,34,37)/t24-/m0/s1. The van der Waals surface area contributed by atoms with Crippen LogP contribution in [0.4, 0.5) is 18.9 Å². The zero-order valence-electron chi connectivity index (χ0n) is 20.0. The van der Waals surface area contributed by atoms with E-state index in [2.05, 4.69) is 15.6 Å². The first-order chi connectivity index (χ1) is 17.9. The van der Waals surface area contributed by atoms with E-state index in [9.17, 15) is 23.1 Å². The van der Waals surface area contributed by atoms with Crippen molar-refractivity contribution in [2.24, 2.45) is 0 Å². The fourth-order valence-electron chi connectivity index (χ4n) is 3.90. The van der Waals surface area contributed by atoms with Crippen LogP contribution in [0.15, 0.2) is 79.0 Å². The summed E-state index contributed by atoms with van der Waals surface area (Å²) in [5.74, 6) is -4.04. The van der Waals surface area contributed by atoms with Gasteiger partial charge in [0.15, 0.2) is 17.5 Å². The number of aliphatic hydroxyl groups is 1. The van der Waals surface area contributed by atoms with Crippen LogP contribution in [0.3, 0.4) is 0 Å². The lowest BCUT2D eigenvalue weighted by Gasteiger charge is -2.11. The molecule has 1 amide bonds. The number of benzene rings is 3. The zero-order chi connectivity index (χ0) is 26.2. The molecule has 37 heavy (non-hydrogen) atoms. The SMILES string of the molecule is O=C(Cc1nc(CCNC[C@H](O)c2ccccc2)cn1Cc1ccc(F)c(F)c1F)Nc1ccccc1. The number of rotatable bonds is 11. The number of carbonyl (C=O) groups is 1. The molecule has 192 valence electrons. The van der Waals surface area contributed by atoms with Gasteiger partial charge in [-0.1, -0.05) is 54.6 Å². The van der Waals surface area contributed by atoms with Crippen LogP contribution >= 0.6 is 0 Å². The van der Waals surface area contributed by atoms with Crippen LogP contribution in [-0.2, 0) is 24.2 Å². The van der Waals surface area contributed by atoms with E-state index >= 15 is 0 Å². The number of imidazole rings is 1. The van der Waals surface area contributed by atoms with Gasteiger partial charge in [-0.05, 0) is 23.8 Å². The van der Waals surface area contributed by atoms with Crippen LogP contribution in [0.25, 0.3) is 0 Å². The highest BCUT2D eigenvalue weighted by Crippen LogP contribution is 2.18. The highest BCUT2D eigenvalue weighted by molar-refractivity contribution is 5.91. The Kier molecular flexibility index (Phi) is 8.71. The van der Waals surface area contributed by atoms with E-state index < -0.39 is 23.6 Å². The number of aliphatic hydroxyl groups excluding tert-OH is 1. The fraction of sp³-hybridized carbons (Fsp3) is 0.214. The molecule has 0 saturated heterocycles. The van der Waals surface area contributed by atoms with Crippen molar-refractivity contribution >= 4 is 11.6 Å². The Morgan fingerprint density at radius 1 is 0.946 bits per heavy atom. The molecule has 1 heterocycles. The van der Waals surface area contributed by atoms with Gasteiger partial charge in [0.25, 0.3) is 0 Å². The first-order valence-electron chi connectivity index (χ1n) is 11.9. The number of aromatic nitrogens is 2. The zero-order valence-corrected chi connectivity index (χ0v) is 20.0. The van der Waals surface area contributed by atoms with E-state index in [1.54, 1.807) is 35.0 Å². The average Bonchev–Trinajstić information content (AvgIpc) is 3.28. The summed E-state index contributed by atoms with van der Waals surface area (Å²) in [6, 6.07) is 20.3. The number of nitrogens with zero attached hydrogens (tertiary/aromatic N) is 2. The van der Waals surface area contributed by atoms with Crippen molar-refractivity contribution in [2.45, 2.75) is 25.5 Å². The van der Waals surface area contributed by atoms with Gasteiger partial charge in [-0.2, -0.15) is 0 Å². The normalized spacial score (nSPS) is 11.9. The van der Waals surface area contributed by atoms with Crippen LogP contribution in [0.2, 0.25) is 0 Å².